The highest BCUT2D eigenvalue weighted by Gasteiger charge is 2.18. The van der Waals surface area contributed by atoms with Gasteiger partial charge in [0.1, 0.15) is 13.2 Å². The molecular formula is C24H29NO10. The zero-order valence-electron chi connectivity index (χ0n) is 20.3. The van der Waals surface area contributed by atoms with Crippen molar-refractivity contribution in [2.75, 3.05) is 54.9 Å². The Morgan fingerprint density at radius 3 is 2.11 bits per heavy atom. The van der Waals surface area contributed by atoms with E-state index in [0.29, 0.717) is 34.3 Å². The molecule has 0 aromatic heterocycles. The van der Waals surface area contributed by atoms with Gasteiger partial charge in [0.15, 0.2) is 23.0 Å². The average molecular weight is 491 g/mol. The van der Waals surface area contributed by atoms with Crippen LogP contribution < -0.4 is 23.7 Å². The van der Waals surface area contributed by atoms with Gasteiger partial charge in [0.2, 0.25) is 12.4 Å². The lowest BCUT2D eigenvalue weighted by Crippen LogP contribution is -2.13. The molecule has 0 amide bonds. The van der Waals surface area contributed by atoms with Gasteiger partial charge in [0.25, 0.3) is 0 Å². The van der Waals surface area contributed by atoms with Gasteiger partial charge in [-0.15, -0.1) is 0 Å². The van der Waals surface area contributed by atoms with E-state index >= 15 is 0 Å². The van der Waals surface area contributed by atoms with Crippen molar-refractivity contribution < 1.29 is 47.6 Å². The summed E-state index contributed by atoms with van der Waals surface area (Å²) in [5.74, 6) is 0.868. The standard InChI is InChI=1S/C24H29NO10/c1-6-32-22(26)15-35-25-14-16-7-8-18(19(11-16)28-2)33-9-10-34-24(27)17-12-20(29-3)23(31-5)21(13-17)30-4/h7-8,11-14H,6,9-10,15H2,1-5H3/b25-14-. The number of hydrogen-bond donors (Lipinski definition) is 0. The second kappa shape index (κ2) is 14.2. The van der Waals surface area contributed by atoms with Crippen LogP contribution in [0.3, 0.4) is 0 Å². The first kappa shape index (κ1) is 27.1. The molecular weight excluding hydrogens is 462 g/mol. The van der Waals surface area contributed by atoms with E-state index in [4.69, 9.17) is 38.0 Å². The number of nitrogens with zero attached hydrogens (tertiary/aromatic N) is 1. The minimum absolute atomic E-state index is 0.0104. The zero-order chi connectivity index (χ0) is 25.6. The lowest BCUT2D eigenvalue weighted by atomic mass is 10.2. The van der Waals surface area contributed by atoms with E-state index in [9.17, 15) is 9.59 Å². The van der Waals surface area contributed by atoms with Gasteiger partial charge in [0.05, 0.1) is 46.8 Å². The van der Waals surface area contributed by atoms with Gasteiger partial charge in [-0.3, -0.25) is 0 Å². The topological polar surface area (TPSA) is 120 Å². The minimum Gasteiger partial charge on any atom is -0.493 e. The second-order valence-electron chi connectivity index (χ2n) is 6.62. The van der Waals surface area contributed by atoms with Crippen molar-refractivity contribution >= 4 is 18.2 Å². The molecule has 2 aromatic carbocycles. The highest BCUT2D eigenvalue weighted by molar-refractivity contribution is 5.91. The molecule has 0 bridgehead atoms. The molecule has 2 aromatic rings. The highest BCUT2D eigenvalue weighted by Crippen LogP contribution is 2.38. The number of benzene rings is 2. The Morgan fingerprint density at radius 2 is 1.51 bits per heavy atom. The van der Waals surface area contributed by atoms with E-state index in [2.05, 4.69) is 5.16 Å². The molecule has 0 aliphatic rings. The van der Waals surface area contributed by atoms with Gasteiger partial charge in [-0.05, 0) is 37.3 Å². The minimum atomic E-state index is -0.575. The third kappa shape index (κ3) is 7.98. The lowest BCUT2D eigenvalue weighted by molar-refractivity contribution is -0.148. The van der Waals surface area contributed by atoms with Gasteiger partial charge in [-0.1, -0.05) is 5.16 Å². The number of carbonyl (C=O) groups excluding carboxylic acids is 2. The molecule has 0 aliphatic heterocycles. The van der Waals surface area contributed by atoms with Crippen molar-refractivity contribution in [1.29, 1.82) is 0 Å². The van der Waals surface area contributed by atoms with Crippen molar-refractivity contribution in [2.24, 2.45) is 5.16 Å². The van der Waals surface area contributed by atoms with Gasteiger partial charge in [-0.25, -0.2) is 9.59 Å². The van der Waals surface area contributed by atoms with Crippen LogP contribution in [-0.2, 0) is 19.1 Å². The normalized spacial score (nSPS) is 10.4. The van der Waals surface area contributed by atoms with Gasteiger partial charge in [-0.2, -0.15) is 0 Å². The lowest BCUT2D eigenvalue weighted by Gasteiger charge is -2.14. The molecule has 0 atom stereocenters. The summed E-state index contributed by atoms with van der Waals surface area (Å²) in [6.45, 7) is 1.77. The summed E-state index contributed by atoms with van der Waals surface area (Å²) < 4.78 is 36.8. The second-order valence-corrected chi connectivity index (χ2v) is 6.62. The Morgan fingerprint density at radius 1 is 0.829 bits per heavy atom. The molecule has 2 rings (SSSR count). The van der Waals surface area contributed by atoms with Crippen LogP contribution in [0.5, 0.6) is 28.7 Å². The fourth-order valence-electron chi connectivity index (χ4n) is 2.84. The SMILES string of the molecule is CCOC(=O)CO/N=C\c1ccc(OCCOC(=O)c2cc(OC)c(OC)c(OC)c2)c(OC)c1. The van der Waals surface area contributed by atoms with Crippen molar-refractivity contribution in [3.63, 3.8) is 0 Å². The summed E-state index contributed by atoms with van der Waals surface area (Å²) >= 11 is 0. The van der Waals surface area contributed by atoms with Gasteiger partial charge in [0, 0.05) is 5.56 Å². The average Bonchev–Trinajstić information content (AvgIpc) is 2.88. The molecule has 0 saturated carbocycles. The fourth-order valence-corrected chi connectivity index (χ4v) is 2.84. The summed E-state index contributed by atoms with van der Waals surface area (Å²) in [4.78, 5) is 28.6. The molecule has 190 valence electrons. The smallest absolute Gasteiger partial charge is 0.347 e. The third-order valence-corrected chi connectivity index (χ3v) is 4.43. The molecule has 0 radical (unpaired) electrons. The Bertz CT molecular complexity index is 996. The van der Waals surface area contributed by atoms with Crippen LogP contribution >= 0.6 is 0 Å². The number of esters is 2. The van der Waals surface area contributed by atoms with Crippen LogP contribution in [0.2, 0.25) is 0 Å². The Balaban J connectivity index is 1.90. The number of rotatable bonds is 14. The Labute approximate surface area is 203 Å². The van der Waals surface area contributed by atoms with E-state index in [0.717, 1.165) is 0 Å². The largest absolute Gasteiger partial charge is 0.493 e. The fraction of sp³-hybridized carbons (Fsp3) is 0.375. The molecule has 0 N–H and O–H groups in total. The summed E-state index contributed by atoms with van der Waals surface area (Å²) in [5.41, 5.74) is 0.901. The van der Waals surface area contributed by atoms with E-state index in [-0.39, 0.29) is 32.0 Å². The van der Waals surface area contributed by atoms with Crippen LogP contribution in [0, 0.1) is 0 Å². The molecule has 0 fully saturated rings. The number of hydrogen-bond acceptors (Lipinski definition) is 11. The van der Waals surface area contributed by atoms with E-state index < -0.39 is 11.9 Å². The summed E-state index contributed by atoms with van der Waals surface area (Å²) in [6.07, 6.45) is 1.42. The maximum Gasteiger partial charge on any atom is 0.347 e. The van der Waals surface area contributed by atoms with E-state index in [1.54, 1.807) is 25.1 Å². The van der Waals surface area contributed by atoms with Crippen molar-refractivity contribution in [3.8, 4) is 28.7 Å². The summed E-state index contributed by atoms with van der Waals surface area (Å²) in [5, 5.41) is 3.72. The first-order valence-electron chi connectivity index (χ1n) is 10.6. The number of oxime groups is 1. The van der Waals surface area contributed by atoms with E-state index in [1.165, 1.54) is 46.8 Å². The third-order valence-electron chi connectivity index (χ3n) is 4.43. The number of carbonyl (C=O) groups is 2. The molecule has 0 unspecified atom stereocenters. The van der Waals surface area contributed by atoms with Crippen LogP contribution in [0.4, 0.5) is 0 Å². The Kier molecular flexibility index (Phi) is 11.0. The predicted molar refractivity (Wildman–Crippen MR) is 125 cm³/mol. The molecule has 0 spiro atoms. The molecule has 0 saturated heterocycles. The quantitative estimate of drug-likeness (QED) is 0.169. The summed E-state index contributed by atoms with van der Waals surface area (Å²) in [6, 6.07) is 8.08. The molecule has 35 heavy (non-hydrogen) atoms. The van der Waals surface area contributed by atoms with Crippen LogP contribution in [-0.4, -0.2) is 73.0 Å². The van der Waals surface area contributed by atoms with Gasteiger partial charge >= 0.3 is 11.9 Å². The number of ether oxygens (including phenoxy) is 7. The predicted octanol–water partition coefficient (Wildman–Crippen LogP) is 2.87. The van der Waals surface area contributed by atoms with E-state index in [1.807, 2.05) is 0 Å². The summed E-state index contributed by atoms with van der Waals surface area (Å²) in [7, 11) is 5.89. The van der Waals surface area contributed by atoms with Crippen LogP contribution in [0.1, 0.15) is 22.8 Å². The maximum absolute atomic E-state index is 12.5. The van der Waals surface area contributed by atoms with Crippen molar-refractivity contribution in [2.45, 2.75) is 6.92 Å². The number of methoxy groups -OCH3 is 4. The highest BCUT2D eigenvalue weighted by atomic mass is 16.7. The van der Waals surface area contributed by atoms with Crippen molar-refractivity contribution in [3.05, 3.63) is 41.5 Å². The first-order chi connectivity index (χ1) is 17.0. The van der Waals surface area contributed by atoms with Gasteiger partial charge < -0.3 is 38.0 Å². The maximum atomic E-state index is 12.5. The first-order valence-corrected chi connectivity index (χ1v) is 10.6. The zero-order valence-corrected chi connectivity index (χ0v) is 20.3. The van der Waals surface area contributed by atoms with Crippen LogP contribution in [0.15, 0.2) is 35.5 Å². The monoisotopic (exact) mass is 491 g/mol. The molecule has 11 nitrogen and oxygen atoms in total. The Hall–Kier alpha value is -4.15. The molecule has 11 heteroatoms. The molecule has 0 aliphatic carbocycles. The van der Waals surface area contributed by atoms with Crippen molar-refractivity contribution in [1.82, 2.24) is 0 Å². The van der Waals surface area contributed by atoms with Crippen LogP contribution in [0.25, 0.3) is 0 Å². The molecule has 0 heterocycles.